The highest BCUT2D eigenvalue weighted by Crippen LogP contribution is 2.45. The first-order chi connectivity index (χ1) is 23.6. The summed E-state index contributed by atoms with van der Waals surface area (Å²) in [6.07, 6.45) is 6.15. The van der Waals surface area contributed by atoms with E-state index < -0.39 is 74.1 Å². The fourth-order valence-electron chi connectivity index (χ4n) is 6.51. The number of halogens is 1. The molecular formula is C35H42ClN5O8S. The highest BCUT2D eigenvalue weighted by atomic mass is 35.5. The molecule has 3 fully saturated rings. The van der Waals surface area contributed by atoms with Gasteiger partial charge in [-0.1, -0.05) is 62.7 Å². The first-order valence-corrected chi connectivity index (χ1v) is 18.7. The van der Waals surface area contributed by atoms with Gasteiger partial charge in [0.1, 0.15) is 28.9 Å². The smallest absolute Gasteiger partial charge is 0.407 e. The molecule has 1 saturated heterocycles. The normalized spacial score (nSPS) is 28.0. The largest absolute Gasteiger partial charge is 0.472 e. The molecule has 3 N–H and O–H groups in total. The van der Waals surface area contributed by atoms with Gasteiger partial charge in [0.15, 0.2) is 0 Å². The molecule has 1 unspecified atom stereocenters. The Balaban J connectivity index is 1.35. The van der Waals surface area contributed by atoms with Gasteiger partial charge in [-0.15, -0.1) is 6.58 Å². The van der Waals surface area contributed by atoms with E-state index in [0.29, 0.717) is 31.1 Å². The number of cyclic esters (lactones) is 1. The van der Waals surface area contributed by atoms with Crippen LogP contribution in [0.15, 0.2) is 43.0 Å². The topological polar surface area (TPSA) is 173 Å². The van der Waals surface area contributed by atoms with E-state index in [2.05, 4.69) is 26.9 Å². The first kappa shape index (κ1) is 35.6. The lowest BCUT2D eigenvalue weighted by Crippen LogP contribution is -2.60. The second kappa shape index (κ2) is 13.5. The number of amides is 4. The van der Waals surface area contributed by atoms with Gasteiger partial charge >= 0.3 is 6.09 Å². The average Bonchev–Trinajstić information content (AvgIpc) is 3.97. The number of carbonyl (C=O) groups excluding carboxylic acids is 4. The number of alkyl carbamates (subject to hydrolysis) is 1. The number of hydrogen-bond donors (Lipinski definition) is 3. The zero-order valence-corrected chi connectivity index (χ0v) is 29.8. The van der Waals surface area contributed by atoms with Crippen LogP contribution in [0.2, 0.25) is 5.15 Å². The van der Waals surface area contributed by atoms with E-state index in [1.165, 1.54) is 11.0 Å². The number of fused-ring (bicyclic) bond motifs is 3. The van der Waals surface area contributed by atoms with Crippen LogP contribution in [-0.2, 0) is 29.1 Å². The number of hydrogen-bond acceptors (Lipinski definition) is 9. The molecule has 15 heteroatoms. The third kappa shape index (κ3) is 7.46. The van der Waals surface area contributed by atoms with Crippen molar-refractivity contribution < 1.29 is 37.1 Å². The van der Waals surface area contributed by atoms with Gasteiger partial charge in [-0.05, 0) is 60.6 Å². The van der Waals surface area contributed by atoms with Crippen LogP contribution in [0.4, 0.5) is 4.79 Å². The van der Waals surface area contributed by atoms with Crippen molar-refractivity contribution in [2.24, 2.45) is 11.3 Å². The highest BCUT2D eigenvalue weighted by Gasteiger charge is 2.62. The molecule has 3 heterocycles. The molecule has 2 saturated carbocycles. The minimum absolute atomic E-state index is 0.00495. The summed E-state index contributed by atoms with van der Waals surface area (Å²) in [4.78, 5) is 60.7. The number of nitrogens with zero attached hydrogens (tertiary/aromatic N) is 2. The van der Waals surface area contributed by atoms with Gasteiger partial charge in [-0.2, -0.15) is 0 Å². The molecule has 2 aliphatic carbocycles. The Labute approximate surface area is 296 Å². The minimum Gasteiger partial charge on any atom is -0.472 e. The minimum atomic E-state index is -3.90. The summed E-state index contributed by atoms with van der Waals surface area (Å²) in [7, 11) is -3.90. The lowest BCUT2D eigenvalue weighted by Gasteiger charge is -2.35. The second-order valence-corrected chi connectivity index (χ2v) is 16.9. The Hall–Kier alpha value is -4.17. The van der Waals surface area contributed by atoms with Gasteiger partial charge in [0.2, 0.25) is 27.7 Å². The summed E-state index contributed by atoms with van der Waals surface area (Å²) in [5.41, 5.74) is -1.47. The number of benzene rings is 1. The number of pyridine rings is 1. The van der Waals surface area contributed by atoms with E-state index in [-0.39, 0.29) is 37.0 Å². The van der Waals surface area contributed by atoms with E-state index in [4.69, 9.17) is 21.1 Å². The molecule has 268 valence electrons. The molecule has 50 heavy (non-hydrogen) atoms. The molecule has 4 bridgehead atoms. The molecule has 4 aliphatic rings. The zero-order chi connectivity index (χ0) is 36.0. The van der Waals surface area contributed by atoms with E-state index in [1.54, 1.807) is 26.8 Å². The van der Waals surface area contributed by atoms with Crippen LogP contribution < -0.4 is 20.1 Å². The van der Waals surface area contributed by atoms with Crippen LogP contribution in [0.1, 0.15) is 64.9 Å². The number of aromatic nitrogens is 1. The molecule has 2 aromatic rings. The van der Waals surface area contributed by atoms with Crippen LogP contribution in [0.3, 0.4) is 0 Å². The quantitative estimate of drug-likeness (QED) is 0.295. The first-order valence-electron chi connectivity index (χ1n) is 16.8. The Morgan fingerprint density at radius 3 is 2.64 bits per heavy atom. The number of sulfonamides is 1. The number of nitrogens with one attached hydrogen (secondary N) is 3. The van der Waals surface area contributed by atoms with Gasteiger partial charge in [-0.3, -0.25) is 19.1 Å². The van der Waals surface area contributed by atoms with Crippen LogP contribution in [0.25, 0.3) is 16.8 Å². The third-order valence-corrected chi connectivity index (χ3v) is 11.6. The summed E-state index contributed by atoms with van der Waals surface area (Å²) in [5.74, 6) is -2.37. The molecule has 4 amide bonds. The van der Waals surface area contributed by atoms with Crippen molar-refractivity contribution in [3.8, 4) is 5.88 Å². The Morgan fingerprint density at radius 1 is 1.20 bits per heavy atom. The summed E-state index contributed by atoms with van der Waals surface area (Å²) in [5, 5.41) is 6.51. The van der Waals surface area contributed by atoms with Crippen LogP contribution in [0, 0.1) is 11.3 Å². The van der Waals surface area contributed by atoms with Crippen molar-refractivity contribution in [3.63, 3.8) is 0 Å². The Kier molecular flexibility index (Phi) is 9.64. The molecule has 1 aromatic heterocycles. The molecule has 6 rings (SSSR count). The van der Waals surface area contributed by atoms with Gasteiger partial charge in [-0.25, -0.2) is 18.2 Å². The molecule has 1 aromatic carbocycles. The molecule has 0 spiro atoms. The summed E-state index contributed by atoms with van der Waals surface area (Å²) in [6.45, 7) is 9.17. The lowest BCUT2D eigenvalue weighted by atomic mass is 9.85. The maximum atomic E-state index is 14.4. The van der Waals surface area contributed by atoms with Crippen molar-refractivity contribution in [3.05, 3.63) is 53.7 Å². The number of carbonyl (C=O) groups is 4. The van der Waals surface area contributed by atoms with Crippen molar-refractivity contribution in [2.45, 2.75) is 88.3 Å². The van der Waals surface area contributed by atoms with Gasteiger partial charge in [0, 0.05) is 17.7 Å². The maximum absolute atomic E-state index is 14.4. The van der Waals surface area contributed by atoms with Crippen molar-refractivity contribution >= 4 is 62.3 Å². The average molecular weight is 728 g/mol. The van der Waals surface area contributed by atoms with E-state index in [9.17, 15) is 27.6 Å². The summed E-state index contributed by atoms with van der Waals surface area (Å²) < 4.78 is 39.3. The van der Waals surface area contributed by atoms with Gasteiger partial charge in [0.25, 0.3) is 5.91 Å². The lowest BCUT2D eigenvalue weighted by molar-refractivity contribution is -0.142. The van der Waals surface area contributed by atoms with Crippen LogP contribution >= 0.6 is 11.6 Å². The van der Waals surface area contributed by atoms with Crippen LogP contribution in [-0.4, -0.2) is 84.2 Å². The van der Waals surface area contributed by atoms with Crippen molar-refractivity contribution in [1.29, 1.82) is 0 Å². The predicted octanol–water partition coefficient (Wildman–Crippen LogP) is 3.85. The van der Waals surface area contributed by atoms with Crippen LogP contribution in [0.5, 0.6) is 5.88 Å². The fourth-order valence-corrected chi connectivity index (χ4v) is 8.07. The number of ether oxygens (including phenoxy) is 2. The molecule has 13 nitrogen and oxygen atoms in total. The molecular weight excluding hydrogens is 686 g/mol. The standard InChI is InChI=1S/C35H42ClN5O8S/c1-5-22-18-35(22,32(44)40-50(46,47)24-12-13-24)39-29(42)26-17-23-19-41(26)31(43)28(34(2,3)4)38-33(45)48-14-8-6-7-9-20-10-11-21-16-27(36)37-30(49-23)25(21)15-20/h5,7,9-11,15-16,22-24,26,28H,1,6,8,12-14,17-19H2,2-4H3,(H,38,45)(H,39,42)(H,40,44)/b9-7+/t22-,23-,26+,28-,35?/m1/s1. The van der Waals surface area contributed by atoms with Crippen molar-refractivity contribution in [2.75, 3.05) is 13.2 Å². The second-order valence-electron chi connectivity index (χ2n) is 14.5. The SMILES string of the molecule is C=C[C@@H]1CC1(NC(=O)[C@@H]1C[C@@H]2CN1C(=O)[C@H](C(C)(C)C)NC(=O)OCCC/C=C/c1ccc3cc(Cl)nc(c3c1)O2)C(=O)NS(=O)(=O)C1CC1. The summed E-state index contributed by atoms with van der Waals surface area (Å²) >= 11 is 6.39. The van der Waals surface area contributed by atoms with Gasteiger partial charge < -0.3 is 25.0 Å². The maximum Gasteiger partial charge on any atom is 0.407 e. The summed E-state index contributed by atoms with van der Waals surface area (Å²) in [6, 6.07) is 5.21. The highest BCUT2D eigenvalue weighted by molar-refractivity contribution is 7.91. The predicted molar refractivity (Wildman–Crippen MR) is 187 cm³/mol. The Morgan fingerprint density at radius 2 is 1.96 bits per heavy atom. The number of rotatable bonds is 6. The number of allylic oxidation sites excluding steroid dienone is 1. The molecule has 2 aliphatic heterocycles. The van der Waals surface area contributed by atoms with E-state index in [1.807, 2.05) is 30.4 Å². The molecule has 0 radical (unpaired) electrons. The molecule has 5 atom stereocenters. The fraction of sp³-hybridized carbons (Fsp3) is 0.514. The van der Waals surface area contributed by atoms with E-state index in [0.717, 1.165) is 10.9 Å². The third-order valence-electron chi connectivity index (χ3n) is 9.60. The Bertz CT molecular complexity index is 1870. The zero-order valence-electron chi connectivity index (χ0n) is 28.2. The monoisotopic (exact) mass is 727 g/mol. The van der Waals surface area contributed by atoms with Crippen molar-refractivity contribution in [1.82, 2.24) is 25.2 Å². The van der Waals surface area contributed by atoms with Gasteiger partial charge in [0.05, 0.1) is 18.4 Å². The van der Waals surface area contributed by atoms with E-state index >= 15 is 0 Å².